The van der Waals surface area contributed by atoms with Crippen LogP contribution < -0.4 is 5.32 Å². The van der Waals surface area contributed by atoms with Gasteiger partial charge in [-0.15, -0.1) is 5.10 Å². The fraction of sp³-hybridized carbons (Fsp3) is 0.118. The number of hydrogen-bond donors (Lipinski definition) is 2. The quantitative estimate of drug-likeness (QED) is 0.577. The van der Waals surface area contributed by atoms with E-state index >= 15 is 0 Å². The number of thioether (sulfide) groups is 1. The summed E-state index contributed by atoms with van der Waals surface area (Å²) in [6.45, 7) is 0. The lowest BCUT2D eigenvalue weighted by Crippen LogP contribution is -2.19. The van der Waals surface area contributed by atoms with Crippen LogP contribution in [0.1, 0.15) is 21.5 Å². The molecular formula is C17H12ClF3N4OS. The number of H-pyrrole nitrogens is 1. The molecule has 2 N–H and O–H groups in total. The Morgan fingerprint density at radius 3 is 2.56 bits per heavy atom. The minimum Gasteiger partial charge on any atom is -0.291 e. The first kappa shape index (κ1) is 19.2. The standard InChI is InChI=1S/C17H12ClF3N4OS/c18-11-7-5-10(6-8-11)9-27-16-23-15(24-25-16)22-14(26)12-3-1-2-4-13(12)17(19,20)21/h1-8H,9H2,(H2,22,23,24,25,26). The molecule has 1 amide bonds. The predicted molar refractivity (Wildman–Crippen MR) is 96.8 cm³/mol. The summed E-state index contributed by atoms with van der Waals surface area (Å²) in [4.78, 5) is 16.2. The summed E-state index contributed by atoms with van der Waals surface area (Å²) in [6.07, 6.45) is -4.63. The van der Waals surface area contributed by atoms with Crippen LogP contribution >= 0.6 is 23.4 Å². The van der Waals surface area contributed by atoms with Gasteiger partial charge in [0.25, 0.3) is 5.91 Å². The van der Waals surface area contributed by atoms with E-state index in [1.54, 1.807) is 12.1 Å². The SMILES string of the molecule is O=C(Nc1nc(SCc2ccc(Cl)cc2)n[nH]1)c1ccccc1C(F)(F)F. The highest BCUT2D eigenvalue weighted by Crippen LogP contribution is 2.32. The van der Waals surface area contributed by atoms with Crippen molar-refractivity contribution in [3.8, 4) is 0 Å². The zero-order valence-electron chi connectivity index (χ0n) is 13.5. The lowest BCUT2D eigenvalue weighted by Gasteiger charge is -2.11. The third kappa shape index (κ3) is 5.01. The van der Waals surface area contributed by atoms with Gasteiger partial charge in [-0.25, -0.2) is 5.10 Å². The number of nitrogens with zero attached hydrogens (tertiary/aromatic N) is 2. The molecule has 0 atom stereocenters. The van der Waals surface area contributed by atoms with E-state index < -0.39 is 23.2 Å². The molecule has 0 radical (unpaired) electrons. The van der Waals surface area contributed by atoms with Crippen molar-refractivity contribution < 1.29 is 18.0 Å². The summed E-state index contributed by atoms with van der Waals surface area (Å²) in [5.74, 6) is -0.386. The Kier molecular flexibility index (Phi) is 5.71. The van der Waals surface area contributed by atoms with Gasteiger partial charge in [-0.05, 0) is 29.8 Å². The summed E-state index contributed by atoms with van der Waals surface area (Å²) >= 11 is 7.13. The summed E-state index contributed by atoms with van der Waals surface area (Å²) in [6, 6.07) is 11.8. The Morgan fingerprint density at radius 2 is 1.85 bits per heavy atom. The number of carbonyl (C=O) groups excluding carboxylic acids is 1. The van der Waals surface area contributed by atoms with Crippen LogP contribution in [0.3, 0.4) is 0 Å². The topological polar surface area (TPSA) is 70.7 Å². The Morgan fingerprint density at radius 1 is 1.15 bits per heavy atom. The molecule has 27 heavy (non-hydrogen) atoms. The molecule has 3 aromatic rings. The van der Waals surface area contributed by atoms with E-state index in [9.17, 15) is 18.0 Å². The number of rotatable bonds is 5. The lowest BCUT2D eigenvalue weighted by atomic mass is 10.1. The van der Waals surface area contributed by atoms with Gasteiger partial charge in [-0.2, -0.15) is 18.2 Å². The molecule has 0 spiro atoms. The number of halogens is 4. The molecule has 5 nitrogen and oxygen atoms in total. The van der Waals surface area contributed by atoms with Crippen LogP contribution in [0.4, 0.5) is 19.1 Å². The van der Waals surface area contributed by atoms with Crippen LogP contribution in [0.2, 0.25) is 5.02 Å². The van der Waals surface area contributed by atoms with Crippen molar-refractivity contribution in [3.05, 3.63) is 70.2 Å². The molecule has 140 valence electrons. The smallest absolute Gasteiger partial charge is 0.291 e. The van der Waals surface area contributed by atoms with E-state index in [1.165, 1.54) is 23.9 Å². The van der Waals surface area contributed by atoms with Crippen molar-refractivity contribution in [1.29, 1.82) is 0 Å². The maximum Gasteiger partial charge on any atom is 0.417 e. The van der Waals surface area contributed by atoms with Gasteiger partial charge in [0.2, 0.25) is 11.1 Å². The lowest BCUT2D eigenvalue weighted by molar-refractivity contribution is -0.137. The van der Waals surface area contributed by atoms with Gasteiger partial charge in [0.05, 0.1) is 11.1 Å². The molecule has 0 fully saturated rings. The largest absolute Gasteiger partial charge is 0.417 e. The molecule has 1 heterocycles. The highest BCUT2D eigenvalue weighted by molar-refractivity contribution is 7.98. The maximum atomic E-state index is 13.0. The Hall–Kier alpha value is -2.52. The number of alkyl halides is 3. The summed E-state index contributed by atoms with van der Waals surface area (Å²) in [7, 11) is 0. The number of carbonyl (C=O) groups is 1. The average molecular weight is 413 g/mol. The third-order valence-electron chi connectivity index (χ3n) is 3.46. The molecule has 0 saturated carbocycles. The molecule has 2 aromatic carbocycles. The van der Waals surface area contributed by atoms with E-state index in [0.717, 1.165) is 17.7 Å². The molecule has 0 aliphatic rings. The maximum absolute atomic E-state index is 13.0. The van der Waals surface area contributed by atoms with Crippen molar-refractivity contribution in [2.45, 2.75) is 17.1 Å². The molecule has 0 aliphatic heterocycles. The minimum atomic E-state index is -4.63. The van der Waals surface area contributed by atoms with Gasteiger partial charge >= 0.3 is 6.18 Å². The van der Waals surface area contributed by atoms with Crippen molar-refractivity contribution in [2.24, 2.45) is 0 Å². The van der Waals surface area contributed by atoms with Gasteiger partial charge in [0.1, 0.15) is 0 Å². The highest BCUT2D eigenvalue weighted by Gasteiger charge is 2.35. The van der Waals surface area contributed by atoms with E-state index in [0.29, 0.717) is 15.9 Å². The second-order valence-corrected chi connectivity index (χ2v) is 6.76. The number of benzene rings is 2. The van der Waals surface area contributed by atoms with Crippen LogP contribution in [-0.2, 0) is 11.9 Å². The van der Waals surface area contributed by atoms with Gasteiger partial charge < -0.3 is 0 Å². The fourth-order valence-electron chi connectivity index (χ4n) is 2.20. The molecule has 1 aromatic heterocycles. The third-order valence-corrected chi connectivity index (χ3v) is 4.63. The average Bonchev–Trinajstić information content (AvgIpc) is 3.08. The second-order valence-electron chi connectivity index (χ2n) is 5.38. The number of nitrogens with one attached hydrogen (secondary N) is 2. The van der Waals surface area contributed by atoms with Gasteiger partial charge in [0.15, 0.2) is 0 Å². The summed E-state index contributed by atoms with van der Waals surface area (Å²) < 4.78 is 39.0. The van der Waals surface area contributed by atoms with Crippen LogP contribution in [-0.4, -0.2) is 21.1 Å². The number of hydrogen-bond acceptors (Lipinski definition) is 4. The second kappa shape index (κ2) is 8.01. The zero-order chi connectivity index (χ0) is 19.4. The van der Waals surface area contributed by atoms with Crippen molar-refractivity contribution in [1.82, 2.24) is 15.2 Å². The molecule has 10 heteroatoms. The van der Waals surface area contributed by atoms with Crippen molar-refractivity contribution >= 4 is 35.2 Å². The van der Waals surface area contributed by atoms with E-state index in [-0.39, 0.29) is 5.95 Å². The first-order chi connectivity index (χ1) is 12.8. The summed E-state index contributed by atoms with van der Waals surface area (Å²) in [5, 5.41) is 9.70. The Bertz CT molecular complexity index is 944. The number of aromatic amines is 1. The molecule has 0 aliphatic carbocycles. The van der Waals surface area contributed by atoms with Crippen LogP contribution in [0, 0.1) is 0 Å². The van der Waals surface area contributed by atoms with Crippen LogP contribution in [0.25, 0.3) is 0 Å². The molecule has 0 unspecified atom stereocenters. The van der Waals surface area contributed by atoms with E-state index in [2.05, 4.69) is 20.5 Å². The molecule has 3 rings (SSSR count). The molecule has 0 bridgehead atoms. The molecular weight excluding hydrogens is 401 g/mol. The molecule has 0 saturated heterocycles. The van der Waals surface area contributed by atoms with Crippen LogP contribution in [0.15, 0.2) is 53.7 Å². The first-order valence-electron chi connectivity index (χ1n) is 7.60. The highest BCUT2D eigenvalue weighted by atomic mass is 35.5. The van der Waals surface area contributed by atoms with Gasteiger partial charge in [-0.3, -0.25) is 10.1 Å². The first-order valence-corrected chi connectivity index (χ1v) is 8.96. The minimum absolute atomic E-state index is 0.0319. The zero-order valence-corrected chi connectivity index (χ0v) is 15.1. The van der Waals surface area contributed by atoms with Crippen molar-refractivity contribution in [3.63, 3.8) is 0 Å². The van der Waals surface area contributed by atoms with Crippen molar-refractivity contribution in [2.75, 3.05) is 5.32 Å². The Labute approximate surface area is 161 Å². The number of amides is 1. The number of aromatic nitrogens is 3. The van der Waals surface area contributed by atoms with Gasteiger partial charge in [-0.1, -0.05) is 47.6 Å². The number of anilines is 1. The predicted octanol–water partition coefficient (Wildman–Crippen LogP) is 5.02. The normalized spacial score (nSPS) is 11.4. The fourth-order valence-corrected chi connectivity index (χ4v) is 3.08. The summed E-state index contributed by atoms with van der Waals surface area (Å²) in [5.41, 5.74) is -0.505. The van der Waals surface area contributed by atoms with Crippen LogP contribution in [0.5, 0.6) is 0 Å². The van der Waals surface area contributed by atoms with E-state index in [1.807, 2.05) is 12.1 Å². The Balaban J connectivity index is 1.66. The van der Waals surface area contributed by atoms with Gasteiger partial charge in [0, 0.05) is 10.8 Å². The van der Waals surface area contributed by atoms with E-state index in [4.69, 9.17) is 11.6 Å². The monoisotopic (exact) mass is 412 g/mol.